The van der Waals surface area contributed by atoms with E-state index in [1.165, 1.54) is 24.3 Å². The van der Waals surface area contributed by atoms with Gasteiger partial charge < -0.3 is 10.6 Å². The summed E-state index contributed by atoms with van der Waals surface area (Å²) >= 11 is 0. The van der Waals surface area contributed by atoms with Gasteiger partial charge in [-0.1, -0.05) is 48.5 Å². The molecule has 0 aliphatic heterocycles. The molecule has 166 valence electrons. The number of carbonyl (C=O) groups is 1. The van der Waals surface area contributed by atoms with E-state index < -0.39 is 17.6 Å². The van der Waals surface area contributed by atoms with E-state index in [4.69, 9.17) is 0 Å². The number of nitrogens with one attached hydrogen (secondary N) is 2. The molecule has 0 unspecified atom stereocenters. The topological polar surface area (TPSA) is 66.9 Å². The maximum Gasteiger partial charge on any atom is 0.418 e. The van der Waals surface area contributed by atoms with Crippen LogP contribution in [0.2, 0.25) is 0 Å². The Bertz CT molecular complexity index is 1290. The molecule has 0 spiro atoms. The van der Waals surface area contributed by atoms with Crippen LogP contribution < -0.4 is 10.6 Å². The van der Waals surface area contributed by atoms with Crippen molar-refractivity contribution >= 4 is 23.1 Å². The van der Waals surface area contributed by atoms with Crippen molar-refractivity contribution in [2.45, 2.75) is 13.1 Å². The van der Waals surface area contributed by atoms with Crippen LogP contribution in [0.4, 0.5) is 30.4 Å². The van der Waals surface area contributed by atoms with E-state index in [9.17, 15) is 18.0 Å². The van der Waals surface area contributed by atoms with Crippen LogP contribution in [0.3, 0.4) is 0 Å². The monoisotopic (exact) mass is 448 g/mol. The van der Waals surface area contributed by atoms with Crippen molar-refractivity contribution in [2.75, 3.05) is 10.6 Å². The zero-order chi connectivity index (χ0) is 23.4. The molecule has 5 nitrogen and oxygen atoms in total. The summed E-state index contributed by atoms with van der Waals surface area (Å²) in [5.41, 5.74) is 1.23. The molecule has 0 saturated heterocycles. The molecule has 0 radical (unpaired) electrons. The molecule has 0 saturated carbocycles. The van der Waals surface area contributed by atoms with Gasteiger partial charge in [0.15, 0.2) is 0 Å². The second-order valence-electron chi connectivity index (χ2n) is 7.25. The lowest BCUT2D eigenvalue weighted by Crippen LogP contribution is -2.16. The van der Waals surface area contributed by atoms with Crippen molar-refractivity contribution in [2.24, 2.45) is 0 Å². The SMILES string of the molecule is Cc1nc(Nc2cccc(C(=O)Nc3ccccc3C(F)(F)F)c2)cc(-c2ccccc2)n1. The number of aromatic nitrogens is 2. The molecule has 1 heterocycles. The van der Waals surface area contributed by atoms with Crippen LogP contribution in [0.25, 0.3) is 11.3 Å². The summed E-state index contributed by atoms with van der Waals surface area (Å²) in [6, 6.07) is 22.7. The normalized spacial score (nSPS) is 11.2. The van der Waals surface area contributed by atoms with Crippen molar-refractivity contribution in [3.8, 4) is 11.3 Å². The first-order valence-electron chi connectivity index (χ1n) is 10.1. The Labute approximate surface area is 188 Å². The Morgan fingerprint density at radius 3 is 2.33 bits per heavy atom. The smallest absolute Gasteiger partial charge is 0.340 e. The number of para-hydroxylation sites is 1. The Morgan fingerprint density at radius 1 is 0.848 bits per heavy atom. The highest BCUT2D eigenvalue weighted by Gasteiger charge is 2.33. The minimum atomic E-state index is -4.57. The number of alkyl halides is 3. The maximum atomic E-state index is 13.2. The predicted molar refractivity (Wildman–Crippen MR) is 121 cm³/mol. The van der Waals surface area contributed by atoms with Gasteiger partial charge in [0, 0.05) is 22.9 Å². The summed E-state index contributed by atoms with van der Waals surface area (Å²) in [7, 11) is 0. The number of rotatable bonds is 5. The zero-order valence-corrected chi connectivity index (χ0v) is 17.5. The van der Waals surface area contributed by atoms with E-state index in [1.54, 1.807) is 31.2 Å². The third-order valence-electron chi connectivity index (χ3n) is 4.79. The van der Waals surface area contributed by atoms with E-state index in [0.717, 1.165) is 17.3 Å². The Hall–Kier alpha value is -4.20. The Kier molecular flexibility index (Phi) is 6.08. The molecule has 2 N–H and O–H groups in total. The summed E-state index contributed by atoms with van der Waals surface area (Å²) in [5.74, 6) is 0.442. The van der Waals surface area contributed by atoms with Gasteiger partial charge >= 0.3 is 6.18 Å². The largest absolute Gasteiger partial charge is 0.418 e. The van der Waals surface area contributed by atoms with Crippen LogP contribution in [0.1, 0.15) is 21.7 Å². The summed E-state index contributed by atoms with van der Waals surface area (Å²) in [5, 5.41) is 5.49. The molecule has 8 heteroatoms. The number of halogens is 3. The highest BCUT2D eigenvalue weighted by molar-refractivity contribution is 6.05. The van der Waals surface area contributed by atoms with Gasteiger partial charge in [-0.05, 0) is 37.3 Å². The molecule has 0 atom stereocenters. The van der Waals surface area contributed by atoms with Gasteiger partial charge in [-0.2, -0.15) is 13.2 Å². The molecule has 0 aliphatic rings. The molecule has 0 fully saturated rings. The van der Waals surface area contributed by atoms with Gasteiger partial charge in [0.1, 0.15) is 11.6 Å². The molecule has 3 aromatic carbocycles. The van der Waals surface area contributed by atoms with Crippen LogP contribution >= 0.6 is 0 Å². The Morgan fingerprint density at radius 2 is 1.58 bits per heavy atom. The van der Waals surface area contributed by atoms with Crippen LogP contribution in [0.5, 0.6) is 0 Å². The molecule has 0 bridgehead atoms. The second kappa shape index (κ2) is 9.12. The summed E-state index contributed by atoms with van der Waals surface area (Å²) < 4.78 is 39.7. The van der Waals surface area contributed by atoms with Crippen molar-refractivity contribution < 1.29 is 18.0 Å². The van der Waals surface area contributed by atoms with Crippen LogP contribution in [-0.4, -0.2) is 15.9 Å². The highest BCUT2D eigenvalue weighted by Crippen LogP contribution is 2.34. The first kappa shape index (κ1) is 22.0. The molecule has 1 aromatic heterocycles. The average molecular weight is 448 g/mol. The second-order valence-corrected chi connectivity index (χ2v) is 7.25. The van der Waals surface area contributed by atoms with Gasteiger partial charge in [0.05, 0.1) is 16.9 Å². The lowest BCUT2D eigenvalue weighted by Gasteiger charge is -2.14. The third kappa shape index (κ3) is 5.35. The fourth-order valence-corrected chi connectivity index (χ4v) is 3.31. The van der Waals surface area contributed by atoms with Gasteiger partial charge in [-0.3, -0.25) is 4.79 Å². The first-order valence-corrected chi connectivity index (χ1v) is 10.1. The van der Waals surface area contributed by atoms with Gasteiger partial charge in [0.2, 0.25) is 0 Å². The van der Waals surface area contributed by atoms with E-state index in [-0.39, 0.29) is 11.3 Å². The lowest BCUT2D eigenvalue weighted by molar-refractivity contribution is -0.136. The van der Waals surface area contributed by atoms with Crippen LogP contribution in [0.15, 0.2) is 84.9 Å². The first-order chi connectivity index (χ1) is 15.8. The molecule has 4 rings (SSSR count). The van der Waals surface area contributed by atoms with Crippen molar-refractivity contribution in [1.29, 1.82) is 0 Å². The molecular weight excluding hydrogens is 429 g/mol. The number of nitrogens with zero attached hydrogens (tertiary/aromatic N) is 2. The van der Waals surface area contributed by atoms with Crippen LogP contribution in [-0.2, 0) is 6.18 Å². The van der Waals surface area contributed by atoms with Gasteiger partial charge in [-0.15, -0.1) is 0 Å². The molecule has 33 heavy (non-hydrogen) atoms. The van der Waals surface area contributed by atoms with E-state index in [1.807, 2.05) is 30.3 Å². The standard InChI is InChI=1S/C25H19F3N4O/c1-16-29-22(17-8-3-2-4-9-17)15-23(30-16)31-19-11-7-10-18(14-19)24(33)32-21-13-6-5-12-20(21)25(26,27)28/h2-15H,1H3,(H,32,33)(H,29,30,31). The van der Waals surface area contributed by atoms with Gasteiger partial charge in [0.25, 0.3) is 5.91 Å². The minimum absolute atomic E-state index is 0.200. The quantitative estimate of drug-likeness (QED) is 0.367. The number of anilines is 3. The van der Waals surface area contributed by atoms with E-state index in [0.29, 0.717) is 17.3 Å². The third-order valence-corrected chi connectivity index (χ3v) is 4.79. The molecule has 4 aromatic rings. The number of hydrogen-bond acceptors (Lipinski definition) is 4. The summed E-state index contributed by atoms with van der Waals surface area (Å²) in [6.07, 6.45) is -4.57. The number of aryl methyl sites for hydroxylation is 1. The minimum Gasteiger partial charge on any atom is -0.340 e. The molecule has 0 aliphatic carbocycles. The summed E-state index contributed by atoms with van der Waals surface area (Å²) in [6.45, 7) is 1.78. The maximum absolute atomic E-state index is 13.2. The molecule has 1 amide bonds. The number of benzene rings is 3. The average Bonchev–Trinajstić information content (AvgIpc) is 2.79. The fraction of sp³-hybridized carbons (Fsp3) is 0.0800. The van der Waals surface area contributed by atoms with Crippen molar-refractivity contribution in [1.82, 2.24) is 9.97 Å². The zero-order valence-electron chi connectivity index (χ0n) is 17.5. The van der Waals surface area contributed by atoms with E-state index in [2.05, 4.69) is 20.6 Å². The van der Waals surface area contributed by atoms with Crippen molar-refractivity contribution in [3.63, 3.8) is 0 Å². The predicted octanol–water partition coefficient (Wildman–Crippen LogP) is 6.47. The lowest BCUT2D eigenvalue weighted by atomic mass is 10.1. The van der Waals surface area contributed by atoms with Gasteiger partial charge in [-0.25, -0.2) is 9.97 Å². The fourth-order valence-electron chi connectivity index (χ4n) is 3.31. The number of carbonyl (C=O) groups excluding carboxylic acids is 1. The Balaban J connectivity index is 1.56. The van der Waals surface area contributed by atoms with Crippen molar-refractivity contribution in [3.05, 3.63) is 102 Å². The summed E-state index contributed by atoms with van der Waals surface area (Å²) in [4.78, 5) is 21.5. The van der Waals surface area contributed by atoms with Crippen LogP contribution in [0, 0.1) is 6.92 Å². The highest BCUT2D eigenvalue weighted by atomic mass is 19.4. The molecular formula is C25H19F3N4O. The van der Waals surface area contributed by atoms with E-state index >= 15 is 0 Å². The number of amides is 1. The number of hydrogen-bond donors (Lipinski definition) is 2.